The standard InChI is InChI=1S/C12H22N2O3/c1-5-9(13)10-8-16-7-6-14(10)11(15)17-12(2,3)4/h5,9-10H,1,6-8,13H2,2-4H3. The summed E-state index contributed by atoms with van der Waals surface area (Å²) in [6.45, 7) is 10.6. The van der Waals surface area contributed by atoms with E-state index in [4.69, 9.17) is 15.2 Å². The Morgan fingerprint density at radius 1 is 1.65 bits per heavy atom. The van der Waals surface area contributed by atoms with Crippen molar-refractivity contribution < 1.29 is 14.3 Å². The number of carbonyl (C=O) groups excluding carboxylic acids is 1. The topological polar surface area (TPSA) is 64.8 Å². The average Bonchev–Trinajstić information content (AvgIpc) is 2.25. The molecule has 1 amide bonds. The maximum absolute atomic E-state index is 12.0. The lowest BCUT2D eigenvalue weighted by atomic mass is 10.1. The Hall–Kier alpha value is -1.07. The van der Waals surface area contributed by atoms with Crippen LogP contribution < -0.4 is 5.73 Å². The minimum absolute atomic E-state index is 0.198. The zero-order chi connectivity index (χ0) is 13.1. The fraction of sp³-hybridized carbons (Fsp3) is 0.750. The van der Waals surface area contributed by atoms with Crippen molar-refractivity contribution in [1.82, 2.24) is 4.90 Å². The van der Waals surface area contributed by atoms with Gasteiger partial charge in [-0.05, 0) is 20.8 Å². The maximum atomic E-state index is 12.0. The summed E-state index contributed by atoms with van der Waals surface area (Å²) in [6.07, 6.45) is 1.28. The number of hydrogen-bond donors (Lipinski definition) is 1. The Morgan fingerprint density at radius 2 is 2.29 bits per heavy atom. The number of rotatable bonds is 2. The first-order valence-corrected chi connectivity index (χ1v) is 5.80. The van der Waals surface area contributed by atoms with Gasteiger partial charge in [-0.3, -0.25) is 4.90 Å². The second-order valence-corrected chi connectivity index (χ2v) is 5.13. The monoisotopic (exact) mass is 242 g/mol. The second kappa shape index (κ2) is 5.51. The van der Waals surface area contributed by atoms with Gasteiger partial charge < -0.3 is 15.2 Å². The third-order valence-corrected chi connectivity index (χ3v) is 2.51. The van der Waals surface area contributed by atoms with Crippen molar-refractivity contribution in [3.05, 3.63) is 12.7 Å². The summed E-state index contributed by atoms with van der Waals surface area (Å²) in [5.41, 5.74) is 5.39. The van der Waals surface area contributed by atoms with Gasteiger partial charge in [0.1, 0.15) is 5.60 Å². The van der Waals surface area contributed by atoms with E-state index in [9.17, 15) is 4.79 Å². The molecule has 1 fully saturated rings. The zero-order valence-corrected chi connectivity index (χ0v) is 10.8. The minimum atomic E-state index is -0.502. The Labute approximate surface area is 103 Å². The van der Waals surface area contributed by atoms with E-state index in [1.54, 1.807) is 11.0 Å². The third-order valence-electron chi connectivity index (χ3n) is 2.51. The summed E-state index contributed by atoms with van der Waals surface area (Å²) < 4.78 is 10.7. The van der Waals surface area contributed by atoms with Crippen molar-refractivity contribution in [2.45, 2.75) is 38.5 Å². The molecule has 0 saturated carbocycles. The molecule has 17 heavy (non-hydrogen) atoms. The highest BCUT2D eigenvalue weighted by molar-refractivity contribution is 5.69. The fourth-order valence-electron chi connectivity index (χ4n) is 1.65. The van der Waals surface area contributed by atoms with Crippen LogP contribution in [0.25, 0.3) is 0 Å². The van der Waals surface area contributed by atoms with Crippen molar-refractivity contribution in [3.8, 4) is 0 Å². The molecule has 0 aromatic carbocycles. The van der Waals surface area contributed by atoms with E-state index in [0.717, 1.165) is 0 Å². The van der Waals surface area contributed by atoms with E-state index in [2.05, 4.69) is 6.58 Å². The molecule has 5 nitrogen and oxygen atoms in total. The van der Waals surface area contributed by atoms with E-state index >= 15 is 0 Å². The van der Waals surface area contributed by atoms with E-state index in [1.165, 1.54) is 0 Å². The molecule has 5 heteroatoms. The predicted molar refractivity (Wildman–Crippen MR) is 65.7 cm³/mol. The molecule has 1 aliphatic rings. The molecule has 2 atom stereocenters. The van der Waals surface area contributed by atoms with Crippen LogP contribution in [0.5, 0.6) is 0 Å². The Balaban J connectivity index is 2.70. The highest BCUT2D eigenvalue weighted by Gasteiger charge is 2.33. The van der Waals surface area contributed by atoms with Crippen molar-refractivity contribution in [1.29, 1.82) is 0 Å². The van der Waals surface area contributed by atoms with Gasteiger partial charge in [-0.2, -0.15) is 0 Å². The molecule has 0 spiro atoms. The lowest BCUT2D eigenvalue weighted by Crippen LogP contribution is -2.57. The van der Waals surface area contributed by atoms with Gasteiger partial charge in [0, 0.05) is 12.6 Å². The summed E-state index contributed by atoms with van der Waals surface area (Å²) in [5, 5.41) is 0. The zero-order valence-electron chi connectivity index (χ0n) is 10.8. The number of carbonyl (C=O) groups is 1. The van der Waals surface area contributed by atoms with Gasteiger partial charge in [0.05, 0.1) is 19.3 Å². The number of amides is 1. The summed E-state index contributed by atoms with van der Waals surface area (Å²) in [5.74, 6) is 0. The van der Waals surface area contributed by atoms with Gasteiger partial charge in [0.15, 0.2) is 0 Å². The first-order valence-electron chi connectivity index (χ1n) is 5.80. The number of nitrogens with zero attached hydrogens (tertiary/aromatic N) is 1. The molecular weight excluding hydrogens is 220 g/mol. The first kappa shape index (κ1) is 14.0. The summed E-state index contributed by atoms with van der Waals surface area (Å²) in [6, 6.07) is -0.501. The normalized spacial score (nSPS) is 23.1. The fourth-order valence-corrected chi connectivity index (χ4v) is 1.65. The van der Waals surface area contributed by atoms with Crippen LogP contribution in [0.4, 0.5) is 4.79 Å². The second-order valence-electron chi connectivity index (χ2n) is 5.13. The van der Waals surface area contributed by atoms with Gasteiger partial charge >= 0.3 is 6.09 Å². The lowest BCUT2D eigenvalue weighted by molar-refractivity contribution is -0.0347. The van der Waals surface area contributed by atoms with E-state index in [0.29, 0.717) is 19.8 Å². The van der Waals surface area contributed by atoms with E-state index < -0.39 is 5.60 Å². The van der Waals surface area contributed by atoms with Crippen LogP contribution in [0.3, 0.4) is 0 Å². The number of nitrogens with two attached hydrogens (primary N) is 1. The van der Waals surface area contributed by atoms with Crippen LogP contribution in [0.2, 0.25) is 0 Å². The largest absolute Gasteiger partial charge is 0.444 e. The van der Waals surface area contributed by atoms with E-state index in [1.807, 2.05) is 20.8 Å². The molecular formula is C12H22N2O3. The number of morpholine rings is 1. The minimum Gasteiger partial charge on any atom is -0.444 e. The highest BCUT2D eigenvalue weighted by atomic mass is 16.6. The van der Waals surface area contributed by atoms with Gasteiger partial charge in [0.25, 0.3) is 0 Å². The van der Waals surface area contributed by atoms with Crippen molar-refractivity contribution >= 4 is 6.09 Å². The summed E-state index contributed by atoms with van der Waals surface area (Å²) in [4.78, 5) is 13.6. The summed E-state index contributed by atoms with van der Waals surface area (Å²) in [7, 11) is 0. The van der Waals surface area contributed by atoms with Crippen LogP contribution in [0, 0.1) is 0 Å². The number of ether oxygens (including phenoxy) is 2. The number of hydrogen-bond acceptors (Lipinski definition) is 4. The van der Waals surface area contributed by atoms with Crippen LogP contribution in [-0.4, -0.2) is 48.4 Å². The molecule has 0 bridgehead atoms. The quantitative estimate of drug-likeness (QED) is 0.737. The molecule has 98 valence electrons. The molecule has 2 unspecified atom stereocenters. The van der Waals surface area contributed by atoms with Crippen LogP contribution in [0.1, 0.15) is 20.8 Å². The molecule has 1 aliphatic heterocycles. The summed E-state index contributed by atoms with van der Waals surface area (Å²) >= 11 is 0. The molecule has 1 rings (SSSR count). The van der Waals surface area contributed by atoms with Crippen molar-refractivity contribution in [3.63, 3.8) is 0 Å². The van der Waals surface area contributed by atoms with Gasteiger partial charge in [-0.1, -0.05) is 6.08 Å². The Kier molecular flexibility index (Phi) is 4.54. The van der Waals surface area contributed by atoms with Crippen LogP contribution >= 0.6 is 0 Å². The maximum Gasteiger partial charge on any atom is 0.410 e. The van der Waals surface area contributed by atoms with Crippen molar-refractivity contribution in [2.75, 3.05) is 19.8 Å². The smallest absolute Gasteiger partial charge is 0.410 e. The molecule has 1 saturated heterocycles. The molecule has 0 aromatic rings. The Bertz CT molecular complexity index is 286. The lowest BCUT2D eigenvalue weighted by Gasteiger charge is -2.38. The molecule has 1 heterocycles. The van der Waals surface area contributed by atoms with Crippen LogP contribution in [-0.2, 0) is 9.47 Å². The van der Waals surface area contributed by atoms with Crippen LogP contribution in [0.15, 0.2) is 12.7 Å². The van der Waals surface area contributed by atoms with Crippen molar-refractivity contribution in [2.24, 2.45) is 5.73 Å². The SMILES string of the molecule is C=CC(N)C1COCCN1C(=O)OC(C)(C)C. The first-order chi connectivity index (χ1) is 7.85. The van der Waals surface area contributed by atoms with Gasteiger partial charge in [-0.15, -0.1) is 6.58 Å². The Morgan fingerprint density at radius 3 is 2.82 bits per heavy atom. The van der Waals surface area contributed by atoms with E-state index in [-0.39, 0.29) is 18.2 Å². The molecule has 2 N–H and O–H groups in total. The van der Waals surface area contributed by atoms with Gasteiger partial charge in [-0.25, -0.2) is 4.79 Å². The van der Waals surface area contributed by atoms with Gasteiger partial charge in [0.2, 0.25) is 0 Å². The molecule has 0 radical (unpaired) electrons. The predicted octanol–water partition coefficient (Wildman–Crippen LogP) is 1.14. The highest BCUT2D eigenvalue weighted by Crippen LogP contribution is 2.16. The third kappa shape index (κ3) is 4.02. The molecule has 0 aliphatic carbocycles. The molecule has 0 aromatic heterocycles. The average molecular weight is 242 g/mol.